The van der Waals surface area contributed by atoms with Gasteiger partial charge >= 0.3 is 0 Å². The highest BCUT2D eigenvalue weighted by molar-refractivity contribution is 6.03. The molecule has 2 aromatic rings. The molecule has 5 rings (SSSR count). The molecule has 2 saturated heterocycles. The number of fused-ring (bicyclic) bond motifs is 3. The second-order valence-electron chi connectivity index (χ2n) is 9.23. The number of rotatable bonds is 5. The van der Waals surface area contributed by atoms with Crippen LogP contribution in [-0.2, 0) is 17.8 Å². The van der Waals surface area contributed by atoms with Crippen molar-refractivity contribution in [1.29, 1.82) is 0 Å². The van der Waals surface area contributed by atoms with Crippen LogP contribution in [0.25, 0.3) is 0 Å². The number of hydrogen-bond donors (Lipinski definition) is 2. The van der Waals surface area contributed by atoms with Crippen molar-refractivity contribution in [1.82, 2.24) is 9.88 Å². The lowest BCUT2D eigenvalue weighted by atomic mass is 9.99. The van der Waals surface area contributed by atoms with Crippen LogP contribution in [0.15, 0.2) is 30.5 Å². The predicted octanol–water partition coefficient (Wildman–Crippen LogP) is 2.38. The molecule has 3 aliphatic heterocycles. The van der Waals surface area contributed by atoms with Crippen molar-refractivity contribution in [2.45, 2.75) is 45.2 Å². The zero-order valence-electron chi connectivity index (χ0n) is 19.2. The lowest BCUT2D eigenvalue weighted by molar-refractivity contribution is -0.118. The van der Waals surface area contributed by atoms with Gasteiger partial charge in [0, 0.05) is 56.7 Å². The van der Waals surface area contributed by atoms with Crippen LogP contribution in [0.3, 0.4) is 0 Å². The number of amides is 2. The number of anilines is 3. The summed E-state index contributed by atoms with van der Waals surface area (Å²) in [7, 11) is 0. The molecule has 0 saturated carbocycles. The topological polar surface area (TPSA) is 94.8 Å². The summed E-state index contributed by atoms with van der Waals surface area (Å²) in [4.78, 5) is 35.9. The number of piperazine rings is 1. The lowest BCUT2D eigenvalue weighted by Crippen LogP contribution is -2.51. The maximum atomic E-state index is 12.5. The third kappa shape index (κ3) is 4.27. The number of hydrogen-bond acceptors (Lipinski definition) is 6. The van der Waals surface area contributed by atoms with E-state index in [4.69, 9.17) is 10.7 Å². The van der Waals surface area contributed by atoms with Crippen LogP contribution in [0, 0.1) is 0 Å². The van der Waals surface area contributed by atoms with E-state index in [9.17, 15) is 9.59 Å². The van der Waals surface area contributed by atoms with Crippen LogP contribution >= 0.6 is 0 Å². The Kier molecular flexibility index (Phi) is 5.93. The summed E-state index contributed by atoms with van der Waals surface area (Å²) in [5.41, 5.74) is 10.2. The third-order valence-corrected chi connectivity index (χ3v) is 7.14. The van der Waals surface area contributed by atoms with Gasteiger partial charge in [0.2, 0.25) is 11.8 Å². The van der Waals surface area contributed by atoms with Gasteiger partial charge in [-0.25, -0.2) is 4.98 Å². The van der Waals surface area contributed by atoms with E-state index in [1.165, 1.54) is 0 Å². The van der Waals surface area contributed by atoms with Gasteiger partial charge in [-0.15, -0.1) is 0 Å². The Morgan fingerprint density at radius 2 is 1.97 bits per heavy atom. The van der Waals surface area contributed by atoms with Crippen molar-refractivity contribution in [3.8, 4) is 0 Å². The van der Waals surface area contributed by atoms with E-state index in [0.29, 0.717) is 5.56 Å². The molecule has 33 heavy (non-hydrogen) atoms. The number of nitrogens with two attached hydrogens (primary N) is 1. The van der Waals surface area contributed by atoms with Crippen LogP contribution in [0.2, 0.25) is 0 Å². The number of carbonyl (C=O) groups is 2. The molecule has 2 amide bonds. The second kappa shape index (κ2) is 9.02. The number of nitrogens with one attached hydrogen (secondary N) is 1. The summed E-state index contributed by atoms with van der Waals surface area (Å²) in [5.74, 6) is 0.649. The van der Waals surface area contributed by atoms with Crippen molar-refractivity contribution in [2.24, 2.45) is 5.73 Å². The highest BCUT2D eigenvalue weighted by Crippen LogP contribution is 2.34. The zero-order valence-corrected chi connectivity index (χ0v) is 19.2. The molecule has 8 heteroatoms. The van der Waals surface area contributed by atoms with Crippen LogP contribution in [0.4, 0.5) is 17.2 Å². The van der Waals surface area contributed by atoms with E-state index in [0.717, 1.165) is 93.3 Å². The van der Waals surface area contributed by atoms with Crippen molar-refractivity contribution in [2.75, 3.05) is 47.8 Å². The first-order valence-corrected chi connectivity index (χ1v) is 12.0. The molecule has 2 fully saturated rings. The number of primary amides is 1. The van der Waals surface area contributed by atoms with E-state index in [1.54, 1.807) is 0 Å². The quantitative estimate of drug-likeness (QED) is 0.729. The van der Waals surface area contributed by atoms with E-state index in [1.807, 2.05) is 25.3 Å². The number of benzene rings is 1. The second-order valence-corrected chi connectivity index (χ2v) is 9.23. The molecule has 0 spiro atoms. The molecule has 1 aromatic heterocycles. The first-order valence-electron chi connectivity index (χ1n) is 12.0. The number of pyridine rings is 1. The monoisotopic (exact) mass is 448 g/mol. The summed E-state index contributed by atoms with van der Waals surface area (Å²) in [5, 5.41) is 3.09. The minimum atomic E-state index is -0.367. The Morgan fingerprint density at radius 1 is 1.15 bits per heavy atom. The van der Waals surface area contributed by atoms with Gasteiger partial charge in [0.1, 0.15) is 6.04 Å². The van der Waals surface area contributed by atoms with Gasteiger partial charge in [-0.05, 0) is 61.1 Å². The molecule has 4 heterocycles. The third-order valence-electron chi connectivity index (χ3n) is 7.14. The maximum Gasteiger partial charge on any atom is 0.248 e. The SMILES string of the molecule is CCc1cc(N2CCN(Cc3cnc4c(c3)NC(=O)C3CCCCN43)CC2)ccc1C(N)=O. The molecule has 3 N–H and O–H groups in total. The largest absolute Gasteiger partial charge is 0.369 e. The fraction of sp³-hybridized carbons (Fsp3) is 0.480. The Labute approximate surface area is 194 Å². The Balaban J connectivity index is 1.23. The van der Waals surface area contributed by atoms with Crippen LogP contribution in [0.1, 0.15) is 47.7 Å². The minimum Gasteiger partial charge on any atom is -0.369 e. The number of piperidine rings is 1. The van der Waals surface area contributed by atoms with Gasteiger partial charge in [-0.2, -0.15) is 0 Å². The Bertz CT molecular complexity index is 1060. The van der Waals surface area contributed by atoms with Crippen LogP contribution in [0.5, 0.6) is 0 Å². The maximum absolute atomic E-state index is 12.5. The van der Waals surface area contributed by atoms with Crippen molar-refractivity contribution >= 4 is 29.0 Å². The molecule has 1 atom stereocenters. The van der Waals surface area contributed by atoms with Crippen LogP contribution < -0.4 is 20.9 Å². The predicted molar refractivity (Wildman–Crippen MR) is 130 cm³/mol. The van der Waals surface area contributed by atoms with Crippen LogP contribution in [-0.4, -0.2) is 60.5 Å². The highest BCUT2D eigenvalue weighted by atomic mass is 16.2. The molecule has 0 bridgehead atoms. The molecule has 1 unspecified atom stereocenters. The molecule has 174 valence electrons. The highest BCUT2D eigenvalue weighted by Gasteiger charge is 2.35. The number of nitrogens with zero attached hydrogens (tertiary/aromatic N) is 4. The number of aryl methyl sites for hydroxylation is 1. The molecule has 8 nitrogen and oxygen atoms in total. The van der Waals surface area contributed by atoms with Crippen molar-refractivity contribution < 1.29 is 9.59 Å². The van der Waals surface area contributed by atoms with E-state index < -0.39 is 0 Å². The first kappa shape index (κ1) is 21.7. The summed E-state index contributed by atoms with van der Waals surface area (Å²) in [6.45, 7) is 7.48. The van der Waals surface area contributed by atoms with Crippen molar-refractivity contribution in [3.05, 3.63) is 47.2 Å². The standard InChI is InChI=1S/C25H32N6O2/c1-2-18-14-19(6-7-20(18)23(26)32)30-11-9-29(10-12-30)16-17-13-21-24(27-15-17)31-8-4-3-5-22(31)25(33)28-21/h6-7,13-15,22H,2-5,8-12,16H2,1H3,(H2,26,32)(H,28,33). The fourth-order valence-corrected chi connectivity index (χ4v) is 5.31. The lowest BCUT2D eigenvalue weighted by Gasteiger charge is -2.40. The number of aromatic nitrogens is 1. The number of carbonyl (C=O) groups excluding carboxylic acids is 2. The summed E-state index contributed by atoms with van der Waals surface area (Å²) >= 11 is 0. The van der Waals surface area contributed by atoms with Gasteiger partial charge in [-0.3, -0.25) is 14.5 Å². The minimum absolute atomic E-state index is 0.0667. The molecule has 0 radical (unpaired) electrons. The van der Waals surface area contributed by atoms with Crippen molar-refractivity contribution in [3.63, 3.8) is 0 Å². The van der Waals surface area contributed by atoms with Gasteiger partial charge in [0.15, 0.2) is 5.82 Å². The Morgan fingerprint density at radius 3 is 2.73 bits per heavy atom. The van der Waals surface area contributed by atoms with E-state index >= 15 is 0 Å². The van der Waals surface area contributed by atoms with E-state index in [2.05, 4.69) is 32.1 Å². The average molecular weight is 449 g/mol. The van der Waals surface area contributed by atoms with Gasteiger partial charge in [-0.1, -0.05) is 6.92 Å². The summed E-state index contributed by atoms with van der Waals surface area (Å²) in [6.07, 6.45) is 5.87. The van der Waals surface area contributed by atoms with E-state index in [-0.39, 0.29) is 17.9 Å². The van der Waals surface area contributed by atoms with Gasteiger partial charge in [0.05, 0.1) is 5.69 Å². The molecule has 3 aliphatic rings. The zero-order chi connectivity index (χ0) is 22.9. The summed E-state index contributed by atoms with van der Waals surface area (Å²) in [6, 6.07) is 7.97. The molecule has 1 aromatic carbocycles. The Hall–Kier alpha value is -3.13. The van der Waals surface area contributed by atoms with Gasteiger partial charge in [0.25, 0.3) is 0 Å². The average Bonchev–Trinajstić information content (AvgIpc) is 2.84. The smallest absolute Gasteiger partial charge is 0.248 e. The normalized spacial score (nSPS) is 20.8. The first-order chi connectivity index (χ1) is 16.0. The summed E-state index contributed by atoms with van der Waals surface area (Å²) < 4.78 is 0. The molecular formula is C25H32N6O2. The fourth-order valence-electron chi connectivity index (χ4n) is 5.31. The van der Waals surface area contributed by atoms with Gasteiger partial charge < -0.3 is 20.9 Å². The molecular weight excluding hydrogens is 416 g/mol. The molecule has 0 aliphatic carbocycles.